The van der Waals surface area contributed by atoms with Crippen LogP contribution in [-0.4, -0.2) is 33.6 Å². The molecule has 1 atom stereocenters. The maximum Gasteiger partial charge on any atom is 0.134 e. The molecule has 27 heavy (non-hydrogen) atoms. The fraction of sp³-hybridized carbons (Fsp3) is 0.182. The molecule has 0 saturated heterocycles. The van der Waals surface area contributed by atoms with Gasteiger partial charge in [0.15, 0.2) is 0 Å². The normalized spacial score (nSPS) is 17.1. The van der Waals surface area contributed by atoms with Crippen molar-refractivity contribution < 1.29 is 9.52 Å². The number of hydrogen-bond acceptors (Lipinski definition) is 5. The zero-order valence-electron chi connectivity index (χ0n) is 15.0. The summed E-state index contributed by atoms with van der Waals surface area (Å²) in [6.45, 7) is 1.60. The predicted octanol–water partition coefficient (Wildman–Crippen LogP) is 4.17. The molecule has 0 amide bonds. The van der Waals surface area contributed by atoms with Crippen LogP contribution in [-0.2, 0) is 6.54 Å². The first-order chi connectivity index (χ1) is 13.2. The molecule has 3 heterocycles. The van der Waals surface area contributed by atoms with Crippen LogP contribution in [0, 0.1) is 0 Å². The standard InChI is InChI=1S/C22H19N3O2/c1-25-11-18(15-3-2-14-7-9-27-21(14)10-15)16-4-5-17(22(26)19(16)12-25)20-6-8-23-13-24-20/h2-10,13,18,26H,11-12H2,1H3. The molecule has 2 aromatic carbocycles. The topological polar surface area (TPSA) is 62.4 Å². The molecule has 0 fully saturated rings. The Morgan fingerprint density at radius 2 is 2.07 bits per heavy atom. The summed E-state index contributed by atoms with van der Waals surface area (Å²) < 4.78 is 5.59. The third-order valence-electron chi connectivity index (χ3n) is 5.36. The van der Waals surface area contributed by atoms with Gasteiger partial charge in [-0.05, 0) is 42.4 Å². The Kier molecular flexibility index (Phi) is 3.69. The molecule has 1 aliphatic heterocycles. The number of hydrogen-bond donors (Lipinski definition) is 1. The molecule has 1 N–H and O–H groups in total. The van der Waals surface area contributed by atoms with Crippen LogP contribution in [0.25, 0.3) is 22.2 Å². The van der Waals surface area contributed by atoms with Crippen molar-refractivity contribution in [3.8, 4) is 17.0 Å². The van der Waals surface area contributed by atoms with E-state index >= 15 is 0 Å². The Bertz CT molecular complexity index is 1120. The van der Waals surface area contributed by atoms with Crippen molar-refractivity contribution in [3.63, 3.8) is 0 Å². The van der Waals surface area contributed by atoms with E-state index in [0.717, 1.165) is 39.9 Å². The van der Waals surface area contributed by atoms with E-state index in [1.807, 2.05) is 18.2 Å². The minimum Gasteiger partial charge on any atom is -0.507 e. The second kappa shape index (κ2) is 6.21. The Labute approximate surface area is 156 Å². The Morgan fingerprint density at radius 3 is 2.93 bits per heavy atom. The largest absolute Gasteiger partial charge is 0.507 e. The van der Waals surface area contributed by atoms with Crippen LogP contribution in [0.5, 0.6) is 5.75 Å². The number of furan rings is 1. The molecule has 0 saturated carbocycles. The number of benzene rings is 2. The molecule has 4 aromatic rings. The number of phenolic OH excluding ortho intramolecular Hbond substituents is 1. The van der Waals surface area contributed by atoms with E-state index in [4.69, 9.17) is 4.42 Å². The van der Waals surface area contributed by atoms with Crippen LogP contribution in [0.3, 0.4) is 0 Å². The van der Waals surface area contributed by atoms with Gasteiger partial charge in [-0.2, -0.15) is 0 Å². The minimum atomic E-state index is 0.179. The molecular formula is C22H19N3O2. The fourth-order valence-corrected chi connectivity index (χ4v) is 4.02. The van der Waals surface area contributed by atoms with Crippen LogP contribution in [0.4, 0.5) is 0 Å². The molecule has 1 unspecified atom stereocenters. The van der Waals surface area contributed by atoms with E-state index in [9.17, 15) is 5.11 Å². The Hall–Kier alpha value is -3.18. The van der Waals surface area contributed by atoms with Crippen molar-refractivity contribution in [2.24, 2.45) is 0 Å². The van der Waals surface area contributed by atoms with Gasteiger partial charge in [0.25, 0.3) is 0 Å². The molecule has 134 valence electrons. The molecule has 0 radical (unpaired) electrons. The molecule has 5 nitrogen and oxygen atoms in total. The number of likely N-dealkylation sites (N-methyl/N-ethyl adjacent to an activating group) is 1. The maximum absolute atomic E-state index is 11.0. The van der Waals surface area contributed by atoms with Gasteiger partial charge in [0, 0.05) is 41.7 Å². The Balaban J connectivity index is 1.64. The number of fused-ring (bicyclic) bond motifs is 2. The zero-order chi connectivity index (χ0) is 18.4. The summed E-state index contributed by atoms with van der Waals surface area (Å²) in [5.74, 6) is 0.487. The lowest BCUT2D eigenvalue weighted by molar-refractivity contribution is 0.288. The summed E-state index contributed by atoms with van der Waals surface area (Å²) in [4.78, 5) is 10.5. The highest BCUT2D eigenvalue weighted by Gasteiger charge is 2.28. The lowest BCUT2D eigenvalue weighted by atomic mass is 9.83. The average molecular weight is 357 g/mol. The molecule has 2 aromatic heterocycles. The molecule has 0 bridgehead atoms. The number of phenols is 1. The van der Waals surface area contributed by atoms with Gasteiger partial charge in [-0.1, -0.05) is 18.2 Å². The van der Waals surface area contributed by atoms with E-state index < -0.39 is 0 Å². The molecule has 0 spiro atoms. The summed E-state index contributed by atoms with van der Waals surface area (Å²) in [7, 11) is 2.08. The van der Waals surface area contributed by atoms with Crippen molar-refractivity contribution in [3.05, 3.63) is 77.9 Å². The van der Waals surface area contributed by atoms with E-state index in [-0.39, 0.29) is 5.92 Å². The molecule has 1 aliphatic rings. The van der Waals surface area contributed by atoms with Gasteiger partial charge in [0.05, 0.1) is 12.0 Å². The van der Waals surface area contributed by atoms with Crippen molar-refractivity contribution in [1.82, 2.24) is 14.9 Å². The maximum atomic E-state index is 11.0. The van der Waals surface area contributed by atoms with Gasteiger partial charge in [-0.15, -0.1) is 0 Å². The number of aromatic nitrogens is 2. The Morgan fingerprint density at radius 1 is 1.15 bits per heavy atom. The lowest BCUT2D eigenvalue weighted by Crippen LogP contribution is -2.31. The third-order valence-corrected chi connectivity index (χ3v) is 5.36. The smallest absolute Gasteiger partial charge is 0.134 e. The first kappa shape index (κ1) is 16.0. The van der Waals surface area contributed by atoms with E-state index in [0.29, 0.717) is 12.3 Å². The van der Waals surface area contributed by atoms with Crippen molar-refractivity contribution in [1.29, 1.82) is 0 Å². The predicted molar refractivity (Wildman–Crippen MR) is 104 cm³/mol. The zero-order valence-corrected chi connectivity index (χ0v) is 15.0. The summed E-state index contributed by atoms with van der Waals surface area (Å²) in [6, 6.07) is 14.2. The van der Waals surface area contributed by atoms with E-state index in [1.54, 1.807) is 12.5 Å². The average Bonchev–Trinajstić information content (AvgIpc) is 3.17. The van der Waals surface area contributed by atoms with E-state index in [2.05, 4.69) is 46.2 Å². The van der Waals surface area contributed by atoms with Crippen LogP contribution < -0.4 is 0 Å². The summed E-state index contributed by atoms with van der Waals surface area (Å²) in [5.41, 5.74) is 5.68. The summed E-state index contributed by atoms with van der Waals surface area (Å²) in [5, 5.41) is 12.1. The highest BCUT2D eigenvalue weighted by molar-refractivity contribution is 5.78. The fourth-order valence-electron chi connectivity index (χ4n) is 4.02. The van der Waals surface area contributed by atoms with Crippen LogP contribution in [0.15, 0.2) is 65.7 Å². The van der Waals surface area contributed by atoms with Crippen LogP contribution in [0.2, 0.25) is 0 Å². The highest BCUT2D eigenvalue weighted by Crippen LogP contribution is 2.41. The molecule has 5 rings (SSSR count). The van der Waals surface area contributed by atoms with Crippen molar-refractivity contribution in [2.45, 2.75) is 12.5 Å². The van der Waals surface area contributed by atoms with Gasteiger partial charge < -0.3 is 14.4 Å². The third kappa shape index (κ3) is 2.67. The number of aromatic hydroxyl groups is 1. The number of nitrogens with zero attached hydrogens (tertiary/aromatic N) is 3. The molecule has 5 heteroatoms. The summed E-state index contributed by atoms with van der Waals surface area (Å²) in [6.07, 6.45) is 4.91. The van der Waals surface area contributed by atoms with Gasteiger partial charge in [-0.3, -0.25) is 0 Å². The first-order valence-corrected chi connectivity index (χ1v) is 8.97. The minimum absolute atomic E-state index is 0.179. The second-order valence-corrected chi connectivity index (χ2v) is 7.09. The quantitative estimate of drug-likeness (QED) is 0.583. The summed E-state index contributed by atoms with van der Waals surface area (Å²) >= 11 is 0. The van der Waals surface area contributed by atoms with Crippen LogP contribution in [0.1, 0.15) is 22.6 Å². The lowest BCUT2D eigenvalue weighted by Gasteiger charge is -2.33. The van der Waals surface area contributed by atoms with Crippen molar-refractivity contribution in [2.75, 3.05) is 13.6 Å². The van der Waals surface area contributed by atoms with Crippen LogP contribution >= 0.6 is 0 Å². The van der Waals surface area contributed by atoms with E-state index in [1.165, 1.54) is 11.9 Å². The number of rotatable bonds is 2. The second-order valence-electron chi connectivity index (χ2n) is 7.09. The van der Waals surface area contributed by atoms with Crippen molar-refractivity contribution >= 4 is 11.0 Å². The SMILES string of the molecule is CN1Cc2c(ccc(-c3ccncn3)c2O)C(c2ccc3ccoc3c2)C1. The molecule has 0 aliphatic carbocycles. The monoisotopic (exact) mass is 357 g/mol. The van der Waals surface area contributed by atoms with Gasteiger partial charge in [-0.25, -0.2) is 9.97 Å². The molecular weight excluding hydrogens is 338 g/mol. The van der Waals surface area contributed by atoms with Gasteiger partial charge >= 0.3 is 0 Å². The van der Waals surface area contributed by atoms with Gasteiger partial charge in [0.2, 0.25) is 0 Å². The first-order valence-electron chi connectivity index (χ1n) is 8.97. The van der Waals surface area contributed by atoms with Gasteiger partial charge in [0.1, 0.15) is 17.7 Å². The highest BCUT2D eigenvalue weighted by atomic mass is 16.3.